The van der Waals surface area contributed by atoms with Gasteiger partial charge in [-0.2, -0.15) is 5.10 Å². The highest BCUT2D eigenvalue weighted by Crippen LogP contribution is 2.32. The number of aryl methyl sites for hydroxylation is 2. The molecule has 34 heavy (non-hydrogen) atoms. The molecule has 1 aliphatic heterocycles. The number of benzene rings is 1. The van der Waals surface area contributed by atoms with E-state index in [4.69, 9.17) is 16.7 Å². The van der Waals surface area contributed by atoms with Crippen molar-refractivity contribution < 1.29 is 9.90 Å². The van der Waals surface area contributed by atoms with Gasteiger partial charge < -0.3 is 20.6 Å². The van der Waals surface area contributed by atoms with Crippen molar-refractivity contribution >= 4 is 46.1 Å². The molecule has 0 amide bonds. The number of anilines is 5. The van der Waals surface area contributed by atoms with E-state index in [0.717, 1.165) is 43.4 Å². The molecule has 3 aromatic rings. The molecule has 2 aromatic heterocycles. The highest BCUT2D eigenvalue weighted by Gasteiger charge is 2.19. The first-order valence-electron chi connectivity index (χ1n) is 11.3. The molecule has 0 spiro atoms. The zero-order chi connectivity index (χ0) is 24.2. The Kier molecular flexibility index (Phi) is 7.35. The molecule has 0 unspecified atom stereocenters. The minimum Gasteiger partial charge on any atom is -0.395 e. The van der Waals surface area contributed by atoms with Gasteiger partial charge in [-0.25, -0.2) is 4.98 Å². The molecule has 180 valence electrons. The highest BCUT2D eigenvalue weighted by molar-refractivity contribution is 6.33. The fraction of sp³-hybridized carbons (Fsp3) is 0.375. The third-order valence-electron chi connectivity index (χ3n) is 5.92. The van der Waals surface area contributed by atoms with Crippen LogP contribution in [0.2, 0.25) is 5.02 Å². The molecule has 4 rings (SSSR count). The molecule has 1 fully saturated rings. The van der Waals surface area contributed by atoms with Crippen LogP contribution in [0.4, 0.5) is 28.7 Å². The lowest BCUT2D eigenvalue weighted by Crippen LogP contribution is -2.47. The first-order valence-corrected chi connectivity index (χ1v) is 11.6. The fourth-order valence-electron chi connectivity index (χ4n) is 4.11. The van der Waals surface area contributed by atoms with Gasteiger partial charge in [-0.3, -0.25) is 14.4 Å². The summed E-state index contributed by atoms with van der Waals surface area (Å²) in [5, 5.41) is 20.5. The summed E-state index contributed by atoms with van der Waals surface area (Å²) in [6.07, 6.45) is 1.57. The normalized spacial score (nSPS) is 14.3. The molecule has 0 radical (unpaired) electrons. The summed E-state index contributed by atoms with van der Waals surface area (Å²) in [6.45, 7) is 7.82. The van der Waals surface area contributed by atoms with E-state index in [2.05, 4.69) is 30.5 Å². The number of ketones is 1. The van der Waals surface area contributed by atoms with E-state index in [-0.39, 0.29) is 12.4 Å². The zero-order valence-corrected chi connectivity index (χ0v) is 20.4. The fourth-order valence-corrected chi connectivity index (χ4v) is 4.26. The number of hydrogen-bond donors (Lipinski definition) is 3. The van der Waals surface area contributed by atoms with Gasteiger partial charge in [-0.1, -0.05) is 11.6 Å². The van der Waals surface area contributed by atoms with Crippen molar-refractivity contribution in [3.05, 3.63) is 52.8 Å². The number of pyridine rings is 1. The number of nitrogens with zero attached hydrogens (tertiary/aromatic N) is 5. The standard InChI is InChI=1S/C24H30ClN7O2/c1-16-12-24(30(3)29-16)28-23-14-22(20(25)15-26-23)27-21-5-4-18(13-19(21)17(2)34)32-8-6-31(7-9-32)10-11-33/h4-5,12-15,33H,6-11H2,1-3H3,(H2,26,27,28). The number of rotatable bonds is 8. The number of nitrogens with one attached hydrogen (secondary N) is 2. The monoisotopic (exact) mass is 483 g/mol. The molecule has 0 bridgehead atoms. The predicted molar refractivity (Wildman–Crippen MR) is 136 cm³/mol. The highest BCUT2D eigenvalue weighted by atomic mass is 35.5. The van der Waals surface area contributed by atoms with Gasteiger partial charge in [0.05, 0.1) is 29.2 Å². The van der Waals surface area contributed by atoms with Crippen LogP contribution in [0.15, 0.2) is 36.5 Å². The summed E-state index contributed by atoms with van der Waals surface area (Å²) in [5.74, 6) is 1.39. The third-order valence-corrected chi connectivity index (χ3v) is 6.22. The van der Waals surface area contributed by atoms with Crippen LogP contribution in [0.25, 0.3) is 0 Å². The van der Waals surface area contributed by atoms with Crippen LogP contribution < -0.4 is 15.5 Å². The van der Waals surface area contributed by atoms with Crippen LogP contribution in [0.5, 0.6) is 0 Å². The number of aliphatic hydroxyl groups is 1. The Morgan fingerprint density at radius 1 is 1.12 bits per heavy atom. The number of aliphatic hydroxyl groups excluding tert-OH is 1. The molecule has 0 aliphatic carbocycles. The maximum absolute atomic E-state index is 12.5. The number of carbonyl (C=O) groups is 1. The Balaban J connectivity index is 1.54. The van der Waals surface area contributed by atoms with Crippen molar-refractivity contribution in [2.45, 2.75) is 13.8 Å². The van der Waals surface area contributed by atoms with Gasteiger partial charge in [0.15, 0.2) is 5.78 Å². The minimum absolute atomic E-state index is 0.0304. The summed E-state index contributed by atoms with van der Waals surface area (Å²) in [6, 6.07) is 9.60. The maximum atomic E-state index is 12.5. The number of piperazine rings is 1. The van der Waals surface area contributed by atoms with Crippen LogP contribution >= 0.6 is 11.6 Å². The predicted octanol–water partition coefficient (Wildman–Crippen LogP) is 3.58. The average molecular weight is 484 g/mol. The van der Waals surface area contributed by atoms with Crippen LogP contribution in [0, 0.1) is 6.92 Å². The van der Waals surface area contributed by atoms with Crippen LogP contribution in [0.3, 0.4) is 0 Å². The molecule has 1 aliphatic rings. The molecule has 9 nitrogen and oxygen atoms in total. The van der Waals surface area contributed by atoms with Crippen molar-refractivity contribution in [1.82, 2.24) is 19.7 Å². The summed E-state index contributed by atoms with van der Waals surface area (Å²) >= 11 is 6.42. The number of hydrogen-bond acceptors (Lipinski definition) is 8. The summed E-state index contributed by atoms with van der Waals surface area (Å²) < 4.78 is 1.74. The van der Waals surface area contributed by atoms with E-state index in [9.17, 15) is 4.79 Å². The Morgan fingerprint density at radius 3 is 2.53 bits per heavy atom. The Morgan fingerprint density at radius 2 is 1.88 bits per heavy atom. The largest absolute Gasteiger partial charge is 0.395 e. The number of halogens is 1. The van der Waals surface area contributed by atoms with Gasteiger partial charge in [-0.05, 0) is 32.0 Å². The second-order valence-electron chi connectivity index (χ2n) is 8.43. The van der Waals surface area contributed by atoms with Crippen molar-refractivity contribution in [2.24, 2.45) is 7.05 Å². The lowest BCUT2D eigenvalue weighted by molar-refractivity contribution is 0.101. The minimum atomic E-state index is -0.0304. The molecule has 0 saturated carbocycles. The molecule has 3 N–H and O–H groups in total. The van der Waals surface area contributed by atoms with Gasteiger partial charge in [0.25, 0.3) is 0 Å². The number of aromatic nitrogens is 3. The summed E-state index contributed by atoms with van der Waals surface area (Å²) in [5.41, 5.74) is 3.84. The van der Waals surface area contributed by atoms with E-state index < -0.39 is 0 Å². The van der Waals surface area contributed by atoms with Gasteiger partial charge >= 0.3 is 0 Å². The van der Waals surface area contributed by atoms with Gasteiger partial charge in [-0.15, -0.1) is 0 Å². The summed E-state index contributed by atoms with van der Waals surface area (Å²) in [4.78, 5) is 21.4. The topological polar surface area (TPSA) is 98.5 Å². The molecule has 1 saturated heterocycles. The Labute approximate surface area is 204 Å². The molecule has 10 heteroatoms. The number of carbonyl (C=O) groups excluding carboxylic acids is 1. The third kappa shape index (κ3) is 5.49. The second kappa shape index (κ2) is 10.4. The van der Waals surface area contributed by atoms with Crippen molar-refractivity contribution in [2.75, 3.05) is 54.9 Å². The van der Waals surface area contributed by atoms with Crippen LogP contribution in [-0.4, -0.2) is 69.9 Å². The van der Waals surface area contributed by atoms with Gasteiger partial charge in [0, 0.05) is 68.8 Å². The summed E-state index contributed by atoms with van der Waals surface area (Å²) in [7, 11) is 1.86. The van der Waals surface area contributed by atoms with Gasteiger partial charge in [0.1, 0.15) is 11.6 Å². The van der Waals surface area contributed by atoms with Gasteiger partial charge in [0.2, 0.25) is 0 Å². The Bertz CT molecular complexity index is 1170. The van der Waals surface area contributed by atoms with E-state index in [1.54, 1.807) is 17.8 Å². The van der Waals surface area contributed by atoms with E-state index in [0.29, 0.717) is 34.3 Å². The SMILES string of the molecule is CC(=O)c1cc(N2CCN(CCO)CC2)ccc1Nc1cc(Nc2cc(C)nn2C)ncc1Cl. The molecular formula is C24H30ClN7O2. The first-order chi connectivity index (χ1) is 16.3. The van der Waals surface area contributed by atoms with E-state index in [1.165, 1.54) is 0 Å². The number of Topliss-reactive ketones (excluding diaryl/α,β-unsaturated/α-hetero) is 1. The molecule has 3 heterocycles. The second-order valence-corrected chi connectivity index (χ2v) is 8.84. The lowest BCUT2D eigenvalue weighted by atomic mass is 10.1. The molecular weight excluding hydrogens is 454 g/mol. The molecule has 0 atom stereocenters. The first kappa shape index (κ1) is 24.0. The maximum Gasteiger partial charge on any atom is 0.161 e. The van der Waals surface area contributed by atoms with E-state index >= 15 is 0 Å². The zero-order valence-electron chi connectivity index (χ0n) is 19.7. The Hall–Kier alpha value is -3.14. The van der Waals surface area contributed by atoms with Crippen molar-refractivity contribution in [1.29, 1.82) is 0 Å². The van der Waals surface area contributed by atoms with Crippen LogP contribution in [-0.2, 0) is 7.05 Å². The van der Waals surface area contributed by atoms with Crippen molar-refractivity contribution in [3.8, 4) is 0 Å². The van der Waals surface area contributed by atoms with E-state index in [1.807, 2.05) is 44.3 Å². The molecule has 1 aromatic carbocycles. The van der Waals surface area contributed by atoms with Crippen molar-refractivity contribution in [3.63, 3.8) is 0 Å². The lowest BCUT2D eigenvalue weighted by Gasteiger charge is -2.36. The number of β-amino-alcohol motifs (C(OH)–C–C–N with tert-alkyl or cyclic N) is 1. The van der Waals surface area contributed by atoms with Crippen LogP contribution in [0.1, 0.15) is 23.0 Å². The quantitative estimate of drug-likeness (QED) is 0.418. The average Bonchev–Trinajstić information content (AvgIpc) is 3.13. The smallest absolute Gasteiger partial charge is 0.161 e.